The lowest BCUT2D eigenvalue weighted by molar-refractivity contribution is 0.178. The number of aliphatic hydroxyl groups is 1. The highest BCUT2D eigenvalue weighted by Crippen LogP contribution is 2.21. The maximum atomic E-state index is 10.3. The summed E-state index contributed by atoms with van der Waals surface area (Å²) < 4.78 is 5.54. The van der Waals surface area contributed by atoms with Gasteiger partial charge in [0.25, 0.3) is 0 Å². The number of ether oxygens (including phenoxy) is 1. The van der Waals surface area contributed by atoms with Crippen molar-refractivity contribution in [2.45, 2.75) is 32.8 Å². The molecule has 1 atom stereocenters. The summed E-state index contributed by atoms with van der Waals surface area (Å²) in [5, 5.41) is 10.3. The van der Waals surface area contributed by atoms with Gasteiger partial charge in [0, 0.05) is 6.42 Å². The second-order valence-corrected chi connectivity index (χ2v) is 5.12. The van der Waals surface area contributed by atoms with Crippen LogP contribution in [0.3, 0.4) is 0 Å². The molecule has 20 heavy (non-hydrogen) atoms. The molecule has 2 heteroatoms. The molecule has 0 aliphatic carbocycles. The van der Waals surface area contributed by atoms with Gasteiger partial charge >= 0.3 is 0 Å². The molecule has 0 spiro atoms. The molecule has 0 aliphatic heterocycles. The monoisotopic (exact) mass is 270 g/mol. The van der Waals surface area contributed by atoms with Crippen molar-refractivity contribution in [3.8, 4) is 5.75 Å². The third-order valence-corrected chi connectivity index (χ3v) is 3.29. The minimum atomic E-state index is -0.474. The first kappa shape index (κ1) is 14.6. The summed E-state index contributed by atoms with van der Waals surface area (Å²) >= 11 is 0. The molecule has 2 aromatic carbocycles. The first-order valence-electron chi connectivity index (χ1n) is 7.15. The molecule has 0 radical (unpaired) electrons. The van der Waals surface area contributed by atoms with Gasteiger partial charge in [0.1, 0.15) is 5.75 Å². The van der Waals surface area contributed by atoms with Crippen molar-refractivity contribution in [1.82, 2.24) is 0 Å². The molecule has 0 fully saturated rings. The van der Waals surface area contributed by atoms with E-state index in [1.165, 1.54) is 5.56 Å². The molecule has 0 aromatic heterocycles. The van der Waals surface area contributed by atoms with E-state index in [4.69, 9.17) is 4.74 Å². The Morgan fingerprint density at radius 3 is 2.25 bits per heavy atom. The van der Waals surface area contributed by atoms with E-state index in [0.29, 0.717) is 6.42 Å². The fraction of sp³-hybridized carbons (Fsp3) is 0.333. The molecule has 2 aromatic rings. The van der Waals surface area contributed by atoms with Gasteiger partial charge in [-0.2, -0.15) is 0 Å². The third kappa shape index (κ3) is 4.10. The van der Waals surface area contributed by atoms with Gasteiger partial charge in [0.05, 0.1) is 12.7 Å². The predicted molar refractivity (Wildman–Crippen MR) is 82.1 cm³/mol. The number of aryl methyl sites for hydroxylation is 1. The Hall–Kier alpha value is -1.80. The van der Waals surface area contributed by atoms with Crippen molar-refractivity contribution in [3.63, 3.8) is 0 Å². The zero-order chi connectivity index (χ0) is 14.4. The number of rotatable bonds is 6. The maximum Gasteiger partial charge on any atom is 0.119 e. The van der Waals surface area contributed by atoms with Crippen LogP contribution in [0, 0.1) is 6.92 Å². The standard InChI is InChI=1S/C18H22O2/c1-3-12-20-17-10-8-16(9-11-17)18(19)13-15-6-4-14(2)5-7-15/h4-11,18-19H,3,12-13H2,1-2H3. The predicted octanol–water partition coefficient (Wildman–Crippen LogP) is 4.06. The van der Waals surface area contributed by atoms with E-state index in [2.05, 4.69) is 38.1 Å². The Balaban J connectivity index is 1.98. The lowest BCUT2D eigenvalue weighted by atomic mass is 10.0. The van der Waals surface area contributed by atoms with Crippen LogP contribution >= 0.6 is 0 Å². The fourth-order valence-corrected chi connectivity index (χ4v) is 2.07. The van der Waals surface area contributed by atoms with Gasteiger partial charge in [0.2, 0.25) is 0 Å². The quantitative estimate of drug-likeness (QED) is 0.857. The van der Waals surface area contributed by atoms with Crippen molar-refractivity contribution < 1.29 is 9.84 Å². The summed E-state index contributed by atoms with van der Waals surface area (Å²) in [7, 11) is 0. The van der Waals surface area contributed by atoms with Crippen molar-refractivity contribution in [2.75, 3.05) is 6.61 Å². The first-order chi connectivity index (χ1) is 9.69. The molecule has 1 N–H and O–H groups in total. The van der Waals surface area contributed by atoms with Crippen LogP contribution < -0.4 is 4.74 Å². The molecular weight excluding hydrogens is 248 g/mol. The maximum absolute atomic E-state index is 10.3. The first-order valence-corrected chi connectivity index (χ1v) is 7.15. The largest absolute Gasteiger partial charge is 0.494 e. The highest BCUT2D eigenvalue weighted by molar-refractivity contribution is 5.30. The summed E-state index contributed by atoms with van der Waals surface area (Å²) in [6.45, 7) is 4.88. The van der Waals surface area contributed by atoms with Crippen molar-refractivity contribution in [1.29, 1.82) is 0 Å². The van der Waals surface area contributed by atoms with Gasteiger partial charge in [-0.25, -0.2) is 0 Å². The van der Waals surface area contributed by atoms with Crippen molar-refractivity contribution in [2.24, 2.45) is 0 Å². The number of benzene rings is 2. The molecule has 0 aliphatic rings. The summed E-state index contributed by atoms with van der Waals surface area (Å²) in [4.78, 5) is 0. The number of hydrogen-bond acceptors (Lipinski definition) is 2. The molecule has 0 bridgehead atoms. The smallest absolute Gasteiger partial charge is 0.119 e. The highest BCUT2D eigenvalue weighted by Gasteiger charge is 2.08. The van der Waals surface area contributed by atoms with Gasteiger partial charge in [-0.1, -0.05) is 48.9 Å². The Kier molecular flexibility index (Phi) is 5.19. The fourth-order valence-electron chi connectivity index (χ4n) is 2.07. The minimum absolute atomic E-state index is 0.474. The number of hydrogen-bond donors (Lipinski definition) is 1. The lowest BCUT2D eigenvalue weighted by Crippen LogP contribution is -2.02. The highest BCUT2D eigenvalue weighted by atomic mass is 16.5. The van der Waals surface area contributed by atoms with Crippen molar-refractivity contribution in [3.05, 3.63) is 65.2 Å². The van der Waals surface area contributed by atoms with E-state index in [1.54, 1.807) is 0 Å². The molecule has 0 saturated heterocycles. The summed E-state index contributed by atoms with van der Waals surface area (Å²) in [6, 6.07) is 16.0. The Bertz CT molecular complexity index is 514. The lowest BCUT2D eigenvalue weighted by Gasteiger charge is -2.12. The zero-order valence-electron chi connectivity index (χ0n) is 12.2. The second kappa shape index (κ2) is 7.11. The van der Waals surface area contributed by atoms with Crippen LogP contribution in [0.5, 0.6) is 5.75 Å². The van der Waals surface area contributed by atoms with Crippen LogP contribution in [-0.4, -0.2) is 11.7 Å². The van der Waals surface area contributed by atoms with Crippen LogP contribution in [0.2, 0.25) is 0 Å². The summed E-state index contributed by atoms with van der Waals surface area (Å²) in [5.41, 5.74) is 3.31. The van der Waals surface area contributed by atoms with E-state index < -0.39 is 6.10 Å². The average Bonchev–Trinajstić information content (AvgIpc) is 2.48. The zero-order valence-corrected chi connectivity index (χ0v) is 12.2. The summed E-state index contributed by atoms with van der Waals surface area (Å²) in [5.74, 6) is 0.859. The normalized spacial score (nSPS) is 12.2. The second-order valence-electron chi connectivity index (χ2n) is 5.12. The molecule has 106 valence electrons. The molecule has 2 nitrogen and oxygen atoms in total. The van der Waals surface area contributed by atoms with E-state index in [0.717, 1.165) is 29.9 Å². The third-order valence-electron chi connectivity index (χ3n) is 3.29. The number of aliphatic hydroxyl groups excluding tert-OH is 1. The molecule has 1 unspecified atom stereocenters. The van der Waals surface area contributed by atoms with Gasteiger partial charge in [0.15, 0.2) is 0 Å². The minimum Gasteiger partial charge on any atom is -0.494 e. The van der Waals surface area contributed by atoms with Crippen LogP contribution in [0.25, 0.3) is 0 Å². The van der Waals surface area contributed by atoms with E-state index in [9.17, 15) is 5.11 Å². The van der Waals surface area contributed by atoms with Crippen molar-refractivity contribution >= 4 is 0 Å². The van der Waals surface area contributed by atoms with E-state index in [-0.39, 0.29) is 0 Å². The van der Waals surface area contributed by atoms with Gasteiger partial charge in [-0.15, -0.1) is 0 Å². The van der Waals surface area contributed by atoms with Gasteiger partial charge in [-0.3, -0.25) is 0 Å². The van der Waals surface area contributed by atoms with Crippen LogP contribution in [0.15, 0.2) is 48.5 Å². The van der Waals surface area contributed by atoms with Crippen LogP contribution in [0.4, 0.5) is 0 Å². The van der Waals surface area contributed by atoms with Crippen LogP contribution in [0.1, 0.15) is 36.1 Å². The molecule has 0 heterocycles. The summed E-state index contributed by atoms with van der Waals surface area (Å²) in [6.07, 6.45) is 1.16. The SMILES string of the molecule is CCCOc1ccc(C(O)Cc2ccc(C)cc2)cc1. The van der Waals surface area contributed by atoms with Gasteiger partial charge in [-0.05, 0) is 36.6 Å². The average molecular weight is 270 g/mol. The molecule has 0 saturated carbocycles. The Labute approximate surface area is 121 Å². The van der Waals surface area contributed by atoms with Crippen LogP contribution in [-0.2, 0) is 6.42 Å². The van der Waals surface area contributed by atoms with E-state index in [1.807, 2.05) is 24.3 Å². The Morgan fingerprint density at radius 2 is 1.65 bits per heavy atom. The Morgan fingerprint density at radius 1 is 1.00 bits per heavy atom. The topological polar surface area (TPSA) is 29.5 Å². The van der Waals surface area contributed by atoms with Gasteiger partial charge < -0.3 is 9.84 Å². The molecule has 0 amide bonds. The molecule has 2 rings (SSSR count). The molecular formula is C18H22O2. The van der Waals surface area contributed by atoms with E-state index >= 15 is 0 Å².